The third-order valence-corrected chi connectivity index (χ3v) is 5.04. The summed E-state index contributed by atoms with van der Waals surface area (Å²) in [5.74, 6) is 0. The van der Waals surface area contributed by atoms with Crippen molar-refractivity contribution in [1.29, 1.82) is 0 Å². The maximum atomic E-state index is 5.63. The molecule has 0 amide bonds. The first-order chi connectivity index (χ1) is 11.8. The van der Waals surface area contributed by atoms with E-state index in [0.29, 0.717) is 6.04 Å². The van der Waals surface area contributed by atoms with Crippen molar-refractivity contribution < 1.29 is 0 Å². The van der Waals surface area contributed by atoms with Crippen LogP contribution in [0.5, 0.6) is 0 Å². The first-order valence-electron chi connectivity index (χ1n) is 8.32. The molecule has 0 spiro atoms. The lowest BCUT2D eigenvalue weighted by molar-refractivity contribution is 0.190. The smallest absolute Gasteiger partial charge is 0.203 e. The molecule has 0 N–H and O–H groups in total. The van der Waals surface area contributed by atoms with Crippen molar-refractivity contribution in [3.05, 3.63) is 77.3 Å². The predicted octanol–water partition coefficient (Wildman–Crippen LogP) is 4.20. The maximum Gasteiger partial charge on any atom is 0.203 e. The van der Waals surface area contributed by atoms with Gasteiger partial charge in [-0.1, -0.05) is 48.5 Å². The molecule has 4 rings (SSSR count). The summed E-state index contributed by atoms with van der Waals surface area (Å²) in [5.41, 5.74) is 2.43. The Kier molecular flexibility index (Phi) is 4.28. The van der Waals surface area contributed by atoms with E-state index >= 15 is 0 Å². The highest BCUT2D eigenvalue weighted by atomic mass is 32.1. The molecule has 1 fully saturated rings. The molecule has 1 saturated heterocycles. The van der Waals surface area contributed by atoms with Crippen molar-refractivity contribution in [3.8, 4) is 5.69 Å². The minimum atomic E-state index is 0.454. The molecule has 5 heteroatoms. The molecule has 1 aliphatic rings. The number of hydrogen-bond acceptors (Lipinski definition) is 3. The average Bonchev–Trinajstić information content (AvgIpc) is 3.24. The van der Waals surface area contributed by atoms with Crippen LogP contribution in [0.15, 0.2) is 67.0 Å². The summed E-state index contributed by atoms with van der Waals surface area (Å²) in [5, 5.41) is 4.52. The third-order valence-electron chi connectivity index (χ3n) is 4.63. The Bertz CT molecular complexity index is 854. The van der Waals surface area contributed by atoms with E-state index in [0.717, 1.165) is 23.7 Å². The van der Waals surface area contributed by atoms with Gasteiger partial charge in [0.1, 0.15) is 6.33 Å². The molecule has 122 valence electrons. The van der Waals surface area contributed by atoms with E-state index in [9.17, 15) is 0 Å². The van der Waals surface area contributed by atoms with Crippen molar-refractivity contribution in [3.63, 3.8) is 0 Å². The molecule has 0 radical (unpaired) electrons. The monoisotopic (exact) mass is 336 g/mol. The van der Waals surface area contributed by atoms with Crippen LogP contribution in [0.4, 0.5) is 0 Å². The van der Waals surface area contributed by atoms with Gasteiger partial charge in [-0.05, 0) is 42.8 Å². The number of para-hydroxylation sites is 1. The molecule has 1 aromatic heterocycles. The molecule has 0 saturated carbocycles. The molecule has 0 aliphatic carbocycles. The molecule has 4 nitrogen and oxygen atoms in total. The molecule has 1 aliphatic heterocycles. The van der Waals surface area contributed by atoms with E-state index in [1.807, 2.05) is 45.9 Å². The lowest BCUT2D eigenvalue weighted by atomic mass is 10.1. The lowest BCUT2D eigenvalue weighted by Crippen LogP contribution is -2.27. The Hall–Kier alpha value is -2.24. The largest absolute Gasteiger partial charge is 0.277 e. The van der Waals surface area contributed by atoms with Crippen LogP contribution in [0.1, 0.15) is 24.4 Å². The van der Waals surface area contributed by atoms with Crippen molar-refractivity contribution in [2.75, 3.05) is 6.54 Å². The topological polar surface area (TPSA) is 26.0 Å². The Balaban J connectivity index is 1.58. The van der Waals surface area contributed by atoms with Gasteiger partial charge in [-0.25, -0.2) is 4.68 Å². The Labute approximate surface area is 147 Å². The molecule has 2 aromatic carbocycles. The molecule has 3 aromatic rings. The SMILES string of the molecule is S=c1n(-c2ccccc2)cnn1CN1CCC[C@@H]1c1ccccc1. The Morgan fingerprint density at radius 2 is 1.71 bits per heavy atom. The van der Waals surface area contributed by atoms with Crippen LogP contribution in [0.2, 0.25) is 0 Å². The normalized spacial score (nSPS) is 18.1. The van der Waals surface area contributed by atoms with Gasteiger partial charge in [-0.3, -0.25) is 9.47 Å². The lowest BCUT2D eigenvalue weighted by Gasteiger charge is -2.24. The van der Waals surface area contributed by atoms with Crippen molar-refractivity contribution in [2.24, 2.45) is 0 Å². The number of aromatic nitrogens is 3. The first kappa shape index (κ1) is 15.3. The number of rotatable bonds is 4. The molecule has 0 unspecified atom stereocenters. The molecule has 1 atom stereocenters. The summed E-state index contributed by atoms with van der Waals surface area (Å²) in [7, 11) is 0. The van der Waals surface area contributed by atoms with Crippen LogP contribution in [0, 0.1) is 4.77 Å². The molecule has 2 heterocycles. The quantitative estimate of drug-likeness (QED) is 0.668. The minimum absolute atomic E-state index is 0.454. The van der Waals surface area contributed by atoms with Gasteiger partial charge >= 0.3 is 0 Å². The molecule has 0 bridgehead atoms. The van der Waals surface area contributed by atoms with Crippen LogP contribution in [-0.4, -0.2) is 25.8 Å². The number of likely N-dealkylation sites (tertiary alicyclic amines) is 1. The summed E-state index contributed by atoms with van der Waals surface area (Å²) in [6.45, 7) is 1.82. The van der Waals surface area contributed by atoms with Crippen LogP contribution in [-0.2, 0) is 6.67 Å². The second kappa shape index (κ2) is 6.71. The van der Waals surface area contributed by atoms with Gasteiger partial charge in [0.05, 0.1) is 6.67 Å². The second-order valence-electron chi connectivity index (χ2n) is 6.14. The van der Waals surface area contributed by atoms with Crippen LogP contribution in [0.3, 0.4) is 0 Å². The summed E-state index contributed by atoms with van der Waals surface area (Å²) in [6.07, 6.45) is 4.22. The molecular weight excluding hydrogens is 316 g/mol. The van der Waals surface area contributed by atoms with Gasteiger partial charge in [0, 0.05) is 18.3 Å². The minimum Gasteiger partial charge on any atom is -0.277 e. The summed E-state index contributed by atoms with van der Waals surface area (Å²) in [4.78, 5) is 2.47. The van der Waals surface area contributed by atoms with E-state index in [2.05, 4.69) is 40.3 Å². The van der Waals surface area contributed by atoms with Crippen LogP contribution in [0.25, 0.3) is 5.69 Å². The van der Waals surface area contributed by atoms with Gasteiger partial charge in [-0.2, -0.15) is 5.10 Å². The first-order valence-corrected chi connectivity index (χ1v) is 8.72. The van der Waals surface area contributed by atoms with Gasteiger partial charge in [-0.15, -0.1) is 0 Å². The van der Waals surface area contributed by atoms with Gasteiger partial charge in [0.15, 0.2) is 0 Å². The number of nitrogens with zero attached hydrogens (tertiary/aromatic N) is 4. The number of hydrogen-bond donors (Lipinski definition) is 0. The summed E-state index contributed by atoms with van der Waals surface area (Å²) >= 11 is 5.63. The van der Waals surface area contributed by atoms with E-state index in [-0.39, 0.29) is 0 Å². The van der Waals surface area contributed by atoms with Crippen LogP contribution < -0.4 is 0 Å². The fourth-order valence-electron chi connectivity index (χ4n) is 3.42. The summed E-state index contributed by atoms with van der Waals surface area (Å²) in [6, 6.07) is 21.3. The maximum absolute atomic E-state index is 5.63. The fourth-order valence-corrected chi connectivity index (χ4v) is 3.68. The predicted molar refractivity (Wildman–Crippen MR) is 97.5 cm³/mol. The van der Waals surface area contributed by atoms with Gasteiger partial charge in [0.2, 0.25) is 4.77 Å². The highest BCUT2D eigenvalue weighted by Gasteiger charge is 2.26. The standard InChI is InChI=1S/C19H20N4S/c24-19-22(17-10-5-2-6-11-17)14-20-23(19)15-21-13-7-12-18(21)16-8-3-1-4-9-16/h1-6,8-11,14,18H,7,12-13,15H2/t18-/m1/s1. The van der Waals surface area contributed by atoms with E-state index in [4.69, 9.17) is 12.2 Å². The highest BCUT2D eigenvalue weighted by Crippen LogP contribution is 2.32. The van der Waals surface area contributed by atoms with E-state index in [1.54, 1.807) is 0 Å². The molecular formula is C19H20N4S. The van der Waals surface area contributed by atoms with E-state index < -0.39 is 0 Å². The van der Waals surface area contributed by atoms with Crippen molar-refractivity contribution in [1.82, 2.24) is 19.2 Å². The highest BCUT2D eigenvalue weighted by molar-refractivity contribution is 7.71. The van der Waals surface area contributed by atoms with Gasteiger partial charge < -0.3 is 0 Å². The van der Waals surface area contributed by atoms with Crippen LogP contribution >= 0.6 is 12.2 Å². The molecule has 24 heavy (non-hydrogen) atoms. The zero-order valence-corrected chi connectivity index (χ0v) is 14.3. The summed E-state index contributed by atoms with van der Waals surface area (Å²) < 4.78 is 4.62. The second-order valence-corrected chi connectivity index (χ2v) is 6.51. The van der Waals surface area contributed by atoms with Crippen molar-refractivity contribution in [2.45, 2.75) is 25.6 Å². The zero-order chi connectivity index (χ0) is 16.4. The Morgan fingerprint density at radius 3 is 2.46 bits per heavy atom. The van der Waals surface area contributed by atoms with Crippen molar-refractivity contribution >= 4 is 12.2 Å². The zero-order valence-electron chi connectivity index (χ0n) is 13.5. The third kappa shape index (κ3) is 2.92. The number of benzene rings is 2. The Morgan fingerprint density at radius 1 is 1.00 bits per heavy atom. The van der Waals surface area contributed by atoms with E-state index in [1.165, 1.54) is 18.4 Å². The van der Waals surface area contributed by atoms with Gasteiger partial charge in [0.25, 0.3) is 0 Å². The fraction of sp³-hybridized carbons (Fsp3) is 0.263. The average molecular weight is 336 g/mol.